The molecule has 0 saturated heterocycles. The van der Waals surface area contributed by atoms with Gasteiger partial charge in [0.15, 0.2) is 0 Å². The number of hydrogen-bond acceptors (Lipinski definition) is 2. The van der Waals surface area contributed by atoms with Gasteiger partial charge in [0.2, 0.25) is 0 Å². The van der Waals surface area contributed by atoms with Gasteiger partial charge in [-0.15, -0.1) is 0 Å². The Kier molecular flexibility index (Phi) is 5.14. The van der Waals surface area contributed by atoms with E-state index >= 15 is 0 Å². The maximum Gasteiger partial charge on any atom is 0.253 e. The zero-order chi connectivity index (χ0) is 19.7. The van der Waals surface area contributed by atoms with Gasteiger partial charge in [-0.25, -0.2) is 0 Å². The minimum atomic E-state index is -0.152. The van der Waals surface area contributed by atoms with Gasteiger partial charge < -0.3 is 10.2 Å². The standard InChI is InChI=1S/C24H30N2O/c1-23(2,3)18-11-13-20(14-12-18)26-16-15-24(4,5)21(17-26)22(27)25-19-9-7-6-8-10-19/h6-14,17H,15-16H2,1-5H3,(H,25,27). The second-order valence-corrected chi connectivity index (χ2v) is 8.99. The summed E-state index contributed by atoms with van der Waals surface area (Å²) in [5, 5.41) is 3.03. The second kappa shape index (κ2) is 7.22. The Bertz CT molecular complexity index is 827. The van der Waals surface area contributed by atoms with Crippen LogP contribution in [0, 0.1) is 5.41 Å². The highest BCUT2D eigenvalue weighted by Crippen LogP contribution is 2.37. The molecule has 0 fully saturated rings. The zero-order valence-electron chi connectivity index (χ0n) is 17.0. The number of amides is 1. The molecule has 0 saturated carbocycles. The Labute approximate surface area is 163 Å². The van der Waals surface area contributed by atoms with Crippen molar-refractivity contribution < 1.29 is 4.79 Å². The van der Waals surface area contributed by atoms with Gasteiger partial charge in [0, 0.05) is 29.7 Å². The van der Waals surface area contributed by atoms with E-state index in [1.807, 2.05) is 36.5 Å². The molecule has 0 aliphatic carbocycles. The van der Waals surface area contributed by atoms with Crippen LogP contribution in [0.1, 0.15) is 46.6 Å². The van der Waals surface area contributed by atoms with E-state index in [-0.39, 0.29) is 16.7 Å². The summed E-state index contributed by atoms with van der Waals surface area (Å²) in [6.45, 7) is 11.9. The van der Waals surface area contributed by atoms with Crippen LogP contribution >= 0.6 is 0 Å². The Hall–Kier alpha value is -2.55. The van der Waals surface area contributed by atoms with Crippen LogP contribution in [0.4, 0.5) is 11.4 Å². The Morgan fingerprint density at radius 3 is 2.22 bits per heavy atom. The van der Waals surface area contributed by atoms with Gasteiger partial charge in [0.05, 0.1) is 0 Å². The second-order valence-electron chi connectivity index (χ2n) is 8.99. The molecule has 2 aromatic rings. The van der Waals surface area contributed by atoms with E-state index in [1.165, 1.54) is 5.56 Å². The topological polar surface area (TPSA) is 32.3 Å². The molecule has 1 heterocycles. The van der Waals surface area contributed by atoms with Gasteiger partial charge >= 0.3 is 0 Å². The van der Waals surface area contributed by atoms with Crippen molar-refractivity contribution >= 4 is 17.3 Å². The number of rotatable bonds is 3. The number of nitrogens with one attached hydrogen (secondary N) is 1. The van der Waals surface area contributed by atoms with E-state index in [0.717, 1.165) is 29.9 Å². The lowest BCUT2D eigenvalue weighted by atomic mass is 9.78. The number of carbonyl (C=O) groups excluding carboxylic acids is 1. The monoisotopic (exact) mass is 362 g/mol. The number of nitrogens with zero attached hydrogens (tertiary/aromatic N) is 1. The molecule has 3 rings (SSSR count). The van der Waals surface area contributed by atoms with E-state index in [0.29, 0.717) is 0 Å². The van der Waals surface area contributed by atoms with Crippen molar-refractivity contribution in [1.82, 2.24) is 0 Å². The summed E-state index contributed by atoms with van der Waals surface area (Å²) < 4.78 is 0. The lowest BCUT2D eigenvalue weighted by molar-refractivity contribution is -0.113. The molecule has 142 valence electrons. The zero-order valence-corrected chi connectivity index (χ0v) is 17.0. The fourth-order valence-electron chi connectivity index (χ4n) is 3.37. The first-order valence-corrected chi connectivity index (χ1v) is 9.63. The van der Waals surface area contributed by atoms with Crippen molar-refractivity contribution in [3.8, 4) is 0 Å². The summed E-state index contributed by atoms with van der Waals surface area (Å²) in [5.74, 6) is -0.0257. The van der Waals surface area contributed by atoms with Crippen LogP contribution < -0.4 is 10.2 Å². The molecular weight excluding hydrogens is 332 g/mol. The molecule has 1 aliphatic heterocycles. The minimum Gasteiger partial charge on any atom is -0.347 e. The highest BCUT2D eigenvalue weighted by Gasteiger charge is 2.33. The fourth-order valence-corrected chi connectivity index (χ4v) is 3.37. The lowest BCUT2D eigenvalue weighted by Crippen LogP contribution is -2.36. The number of para-hydroxylation sites is 1. The molecule has 0 radical (unpaired) electrons. The summed E-state index contributed by atoms with van der Waals surface area (Å²) in [5.41, 5.74) is 4.07. The summed E-state index contributed by atoms with van der Waals surface area (Å²) in [7, 11) is 0. The summed E-state index contributed by atoms with van der Waals surface area (Å²) in [6.07, 6.45) is 2.95. The number of anilines is 2. The predicted octanol–water partition coefficient (Wildman–Crippen LogP) is 5.74. The van der Waals surface area contributed by atoms with E-state index in [2.05, 4.69) is 69.1 Å². The third kappa shape index (κ3) is 4.41. The molecule has 1 aliphatic rings. The molecular formula is C24H30N2O. The molecule has 1 amide bonds. The lowest BCUT2D eigenvalue weighted by Gasteiger charge is -2.37. The molecule has 1 N–H and O–H groups in total. The van der Waals surface area contributed by atoms with Gasteiger partial charge in [-0.05, 0) is 47.1 Å². The smallest absolute Gasteiger partial charge is 0.253 e. The van der Waals surface area contributed by atoms with Crippen molar-refractivity contribution in [2.45, 2.75) is 46.5 Å². The molecule has 0 atom stereocenters. The van der Waals surface area contributed by atoms with E-state index < -0.39 is 0 Å². The minimum absolute atomic E-state index is 0.0257. The third-order valence-corrected chi connectivity index (χ3v) is 5.33. The maximum atomic E-state index is 12.9. The molecule has 3 nitrogen and oxygen atoms in total. The molecule has 0 unspecified atom stereocenters. The van der Waals surface area contributed by atoms with Crippen LogP contribution in [0.2, 0.25) is 0 Å². The van der Waals surface area contributed by atoms with Crippen LogP contribution in [-0.4, -0.2) is 12.5 Å². The number of carbonyl (C=O) groups is 1. The van der Waals surface area contributed by atoms with E-state index in [4.69, 9.17) is 0 Å². The Morgan fingerprint density at radius 1 is 1.00 bits per heavy atom. The van der Waals surface area contributed by atoms with Crippen LogP contribution in [0.15, 0.2) is 66.4 Å². The molecule has 0 bridgehead atoms. The van der Waals surface area contributed by atoms with Crippen LogP contribution in [-0.2, 0) is 10.2 Å². The normalized spacial score (nSPS) is 16.6. The largest absolute Gasteiger partial charge is 0.347 e. The van der Waals surface area contributed by atoms with Crippen molar-refractivity contribution in [3.63, 3.8) is 0 Å². The summed E-state index contributed by atoms with van der Waals surface area (Å²) >= 11 is 0. The number of benzene rings is 2. The van der Waals surface area contributed by atoms with Gasteiger partial charge in [0.1, 0.15) is 0 Å². The van der Waals surface area contributed by atoms with Crippen molar-refractivity contribution in [3.05, 3.63) is 71.9 Å². The molecule has 3 heteroatoms. The van der Waals surface area contributed by atoms with Crippen LogP contribution in [0.5, 0.6) is 0 Å². The fraction of sp³-hybridized carbons (Fsp3) is 0.375. The predicted molar refractivity (Wildman–Crippen MR) is 114 cm³/mol. The van der Waals surface area contributed by atoms with Crippen molar-refractivity contribution in [1.29, 1.82) is 0 Å². The number of hydrogen-bond donors (Lipinski definition) is 1. The van der Waals surface area contributed by atoms with Gasteiger partial charge in [-0.3, -0.25) is 4.79 Å². The first kappa shape index (κ1) is 19.2. The van der Waals surface area contributed by atoms with Crippen LogP contribution in [0.3, 0.4) is 0 Å². The Balaban J connectivity index is 1.85. The maximum absolute atomic E-state index is 12.9. The summed E-state index contributed by atoms with van der Waals surface area (Å²) in [6, 6.07) is 18.3. The SMILES string of the molecule is CC1(C)CCN(c2ccc(C(C)(C)C)cc2)C=C1C(=O)Nc1ccccc1. The Morgan fingerprint density at radius 2 is 1.63 bits per heavy atom. The quantitative estimate of drug-likeness (QED) is 0.755. The van der Waals surface area contributed by atoms with Gasteiger partial charge in [-0.1, -0.05) is 65.0 Å². The average Bonchev–Trinajstić information content (AvgIpc) is 2.61. The van der Waals surface area contributed by atoms with Gasteiger partial charge in [0.25, 0.3) is 5.91 Å². The van der Waals surface area contributed by atoms with Gasteiger partial charge in [-0.2, -0.15) is 0 Å². The van der Waals surface area contributed by atoms with Crippen molar-refractivity contribution in [2.24, 2.45) is 5.41 Å². The average molecular weight is 363 g/mol. The highest BCUT2D eigenvalue weighted by atomic mass is 16.1. The first-order valence-electron chi connectivity index (χ1n) is 9.63. The van der Waals surface area contributed by atoms with E-state index in [9.17, 15) is 4.79 Å². The molecule has 27 heavy (non-hydrogen) atoms. The molecule has 0 spiro atoms. The third-order valence-electron chi connectivity index (χ3n) is 5.33. The molecule has 0 aromatic heterocycles. The first-order chi connectivity index (χ1) is 12.7. The van der Waals surface area contributed by atoms with E-state index in [1.54, 1.807) is 0 Å². The van der Waals surface area contributed by atoms with Crippen LogP contribution in [0.25, 0.3) is 0 Å². The highest BCUT2D eigenvalue weighted by molar-refractivity contribution is 6.05. The van der Waals surface area contributed by atoms with Crippen molar-refractivity contribution in [2.75, 3.05) is 16.8 Å². The molecule has 2 aromatic carbocycles. The summed E-state index contributed by atoms with van der Waals surface area (Å²) in [4.78, 5) is 15.1.